The topological polar surface area (TPSA) is 32.3 Å². The molecule has 22 heavy (non-hydrogen) atoms. The summed E-state index contributed by atoms with van der Waals surface area (Å²) in [6, 6.07) is 13.0. The SMILES string of the molecule is CCN(C)[C@H](C(=O)Nc1ccc(F)cc1Cl)c1ccccc1. The van der Waals surface area contributed by atoms with Crippen molar-refractivity contribution in [1.29, 1.82) is 0 Å². The van der Waals surface area contributed by atoms with E-state index in [2.05, 4.69) is 5.32 Å². The highest BCUT2D eigenvalue weighted by Gasteiger charge is 2.24. The molecule has 0 saturated heterocycles. The van der Waals surface area contributed by atoms with Crippen LogP contribution in [0.2, 0.25) is 5.02 Å². The molecule has 2 rings (SSSR count). The van der Waals surface area contributed by atoms with Crippen LogP contribution < -0.4 is 5.32 Å². The molecule has 0 heterocycles. The molecule has 0 bridgehead atoms. The van der Waals surface area contributed by atoms with E-state index in [-0.39, 0.29) is 10.9 Å². The van der Waals surface area contributed by atoms with Crippen molar-refractivity contribution in [3.05, 3.63) is 64.9 Å². The quantitative estimate of drug-likeness (QED) is 0.899. The van der Waals surface area contributed by atoms with Gasteiger partial charge in [-0.2, -0.15) is 0 Å². The largest absolute Gasteiger partial charge is 0.323 e. The summed E-state index contributed by atoms with van der Waals surface area (Å²) >= 11 is 5.97. The number of amides is 1. The van der Waals surface area contributed by atoms with Crippen molar-refractivity contribution in [3.63, 3.8) is 0 Å². The van der Waals surface area contributed by atoms with Crippen LogP contribution in [-0.2, 0) is 4.79 Å². The smallest absolute Gasteiger partial charge is 0.246 e. The van der Waals surface area contributed by atoms with E-state index < -0.39 is 11.9 Å². The van der Waals surface area contributed by atoms with Crippen LogP contribution in [0.4, 0.5) is 10.1 Å². The fourth-order valence-electron chi connectivity index (χ4n) is 2.22. The van der Waals surface area contributed by atoms with Gasteiger partial charge in [0.05, 0.1) is 10.7 Å². The maximum absolute atomic E-state index is 13.1. The van der Waals surface area contributed by atoms with Crippen LogP contribution in [0.1, 0.15) is 18.5 Å². The average molecular weight is 321 g/mol. The highest BCUT2D eigenvalue weighted by Crippen LogP contribution is 2.26. The Morgan fingerprint density at radius 3 is 2.55 bits per heavy atom. The first-order valence-electron chi connectivity index (χ1n) is 7.04. The lowest BCUT2D eigenvalue weighted by atomic mass is 10.0. The molecule has 0 aliphatic carbocycles. The van der Waals surface area contributed by atoms with E-state index in [4.69, 9.17) is 11.6 Å². The summed E-state index contributed by atoms with van der Waals surface area (Å²) < 4.78 is 13.1. The van der Waals surface area contributed by atoms with Gasteiger partial charge in [-0.25, -0.2) is 4.39 Å². The lowest BCUT2D eigenvalue weighted by molar-refractivity contribution is -0.121. The molecule has 2 aromatic rings. The fraction of sp³-hybridized carbons (Fsp3) is 0.235. The van der Waals surface area contributed by atoms with Crippen molar-refractivity contribution in [1.82, 2.24) is 4.90 Å². The average Bonchev–Trinajstić information content (AvgIpc) is 2.51. The third-order valence-electron chi connectivity index (χ3n) is 3.49. The van der Waals surface area contributed by atoms with Crippen LogP contribution in [0, 0.1) is 5.82 Å². The van der Waals surface area contributed by atoms with E-state index >= 15 is 0 Å². The molecule has 0 aliphatic heterocycles. The molecule has 116 valence electrons. The summed E-state index contributed by atoms with van der Waals surface area (Å²) in [6.45, 7) is 2.69. The zero-order chi connectivity index (χ0) is 16.1. The molecular weight excluding hydrogens is 303 g/mol. The molecule has 0 aliphatic rings. The molecule has 1 atom stereocenters. The first-order valence-corrected chi connectivity index (χ1v) is 7.41. The lowest BCUT2D eigenvalue weighted by Gasteiger charge is -2.26. The molecule has 0 unspecified atom stereocenters. The Morgan fingerprint density at radius 2 is 1.95 bits per heavy atom. The molecule has 0 saturated carbocycles. The van der Waals surface area contributed by atoms with Crippen LogP contribution in [0.25, 0.3) is 0 Å². The van der Waals surface area contributed by atoms with Gasteiger partial charge in [0, 0.05) is 0 Å². The van der Waals surface area contributed by atoms with Gasteiger partial charge in [-0.05, 0) is 37.4 Å². The number of nitrogens with zero attached hydrogens (tertiary/aromatic N) is 1. The number of hydrogen-bond donors (Lipinski definition) is 1. The van der Waals surface area contributed by atoms with Gasteiger partial charge >= 0.3 is 0 Å². The Balaban J connectivity index is 2.26. The number of rotatable bonds is 5. The molecule has 1 N–H and O–H groups in total. The maximum Gasteiger partial charge on any atom is 0.246 e. The predicted molar refractivity (Wildman–Crippen MR) is 87.5 cm³/mol. The monoisotopic (exact) mass is 320 g/mol. The second-order valence-electron chi connectivity index (χ2n) is 5.00. The summed E-state index contributed by atoms with van der Waals surface area (Å²) in [6.07, 6.45) is 0. The van der Waals surface area contributed by atoms with E-state index in [1.807, 2.05) is 49.2 Å². The van der Waals surface area contributed by atoms with Crippen LogP contribution in [0.5, 0.6) is 0 Å². The first-order chi connectivity index (χ1) is 10.5. The summed E-state index contributed by atoms with van der Waals surface area (Å²) in [5.74, 6) is -0.641. The number of halogens is 2. The third-order valence-corrected chi connectivity index (χ3v) is 3.80. The van der Waals surface area contributed by atoms with E-state index in [1.165, 1.54) is 18.2 Å². The van der Waals surface area contributed by atoms with E-state index in [0.717, 1.165) is 5.56 Å². The van der Waals surface area contributed by atoms with Gasteiger partial charge in [0.2, 0.25) is 5.91 Å². The minimum absolute atomic E-state index is 0.180. The van der Waals surface area contributed by atoms with E-state index in [0.29, 0.717) is 12.2 Å². The number of nitrogens with one attached hydrogen (secondary N) is 1. The highest BCUT2D eigenvalue weighted by molar-refractivity contribution is 6.33. The number of hydrogen-bond acceptors (Lipinski definition) is 2. The van der Waals surface area contributed by atoms with E-state index in [9.17, 15) is 9.18 Å². The Bertz CT molecular complexity index is 648. The zero-order valence-corrected chi connectivity index (χ0v) is 13.3. The van der Waals surface area contributed by atoms with Crippen molar-refractivity contribution < 1.29 is 9.18 Å². The Hall–Kier alpha value is -1.91. The normalized spacial score (nSPS) is 12.2. The van der Waals surface area contributed by atoms with Gasteiger partial charge in [-0.3, -0.25) is 9.69 Å². The second-order valence-corrected chi connectivity index (χ2v) is 5.41. The van der Waals surface area contributed by atoms with Gasteiger partial charge in [-0.1, -0.05) is 48.9 Å². The van der Waals surface area contributed by atoms with Crippen LogP contribution in [0.15, 0.2) is 48.5 Å². The molecule has 1 amide bonds. The lowest BCUT2D eigenvalue weighted by Crippen LogP contribution is -2.34. The van der Waals surface area contributed by atoms with Crippen LogP contribution in [0.3, 0.4) is 0 Å². The van der Waals surface area contributed by atoms with Crippen molar-refractivity contribution in [2.24, 2.45) is 0 Å². The summed E-state index contributed by atoms with van der Waals surface area (Å²) in [5, 5.41) is 2.95. The molecular formula is C17H18ClFN2O. The summed E-state index contributed by atoms with van der Waals surface area (Å²) in [7, 11) is 1.88. The zero-order valence-electron chi connectivity index (χ0n) is 12.5. The van der Waals surface area contributed by atoms with Crippen molar-refractivity contribution in [2.45, 2.75) is 13.0 Å². The molecule has 0 fully saturated rings. The number of carbonyl (C=O) groups is 1. The standard InChI is InChI=1S/C17H18ClFN2O/c1-3-21(2)16(12-7-5-4-6-8-12)17(22)20-15-10-9-13(19)11-14(15)18/h4-11,16H,3H2,1-2H3,(H,20,22)/t16-/m0/s1. The van der Waals surface area contributed by atoms with Crippen LogP contribution >= 0.6 is 11.6 Å². The third kappa shape index (κ3) is 3.84. The minimum atomic E-state index is -0.438. The molecule has 3 nitrogen and oxygen atoms in total. The van der Waals surface area contributed by atoms with Crippen molar-refractivity contribution in [3.8, 4) is 0 Å². The molecule has 5 heteroatoms. The molecule has 2 aromatic carbocycles. The molecule has 0 aromatic heterocycles. The fourth-order valence-corrected chi connectivity index (χ4v) is 2.43. The van der Waals surface area contributed by atoms with Gasteiger partial charge < -0.3 is 5.32 Å². The molecule has 0 spiro atoms. The van der Waals surface area contributed by atoms with Gasteiger partial charge in [-0.15, -0.1) is 0 Å². The summed E-state index contributed by atoms with van der Waals surface area (Å²) in [5.41, 5.74) is 1.29. The number of benzene rings is 2. The predicted octanol–water partition coefficient (Wildman–Crippen LogP) is 4.11. The first kappa shape index (κ1) is 16.5. The minimum Gasteiger partial charge on any atom is -0.323 e. The Kier molecular flexibility index (Phi) is 5.52. The number of carbonyl (C=O) groups excluding carboxylic acids is 1. The van der Waals surface area contributed by atoms with Crippen LogP contribution in [-0.4, -0.2) is 24.4 Å². The highest BCUT2D eigenvalue weighted by atomic mass is 35.5. The van der Waals surface area contributed by atoms with Gasteiger partial charge in [0.25, 0.3) is 0 Å². The van der Waals surface area contributed by atoms with Gasteiger partial charge in [0.15, 0.2) is 0 Å². The maximum atomic E-state index is 13.1. The second kappa shape index (κ2) is 7.38. The Morgan fingerprint density at radius 1 is 1.27 bits per heavy atom. The van der Waals surface area contributed by atoms with Gasteiger partial charge in [0.1, 0.15) is 11.9 Å². The van der Waals surface area contributed by atoms with Crippen molar-refractivity contribution >= 4 is 23.2 Å². The number of anilines is 1. The van der Waals surface area contributed by atoms with E-state index in [1.54, 1.807) is 0 Å². The summed E-state index contributed by atoms with van der Waals surface area (Å²) in [4.78, 5) is 14.6. The number of likely N-dealkylation sites (N-methyl/N-ethyl adjacent to an activating group) is 1. The Labute approximate surface area is 134 Å². The molecule has 0 radical (unpaired) electrons. The van der Waals surface area contributed by atoms with Crippen molar-refractivity contribution in [2.75, 3.05) is 18.9 Å².